The molecular formula is C11H18N2O4S. The molecule has 2 heterocycles. The zero-order chi connectivity index (χ0) is 13.2. The van der Waals surface area contributed by atoms with Crippen LogP contribution in [0.4, 0.5) is 0 Å². The second-order valence-corrected chi connectivity index (χ2v) is 6.04. The Bertz CT molecular complexity index is 497. The van der Waals surface area contributed by atoms with Gasteiger partial charge >= 0.3 is 0 Å². The number of hydrogen-bond acceptors (Lipinski definition) is 5. The fraction of sp³-hybridized carbons (Fsp3) is 0.636. The van der Waals surface area contributed by atoms with E-state index in [0.717, 1.165) is 19.4 Å². The first-order valence-electron chi connectivity index (χ1n) is 5.91. The van der Waals surface area contributed by atoms with Gasteiger partial charge in [0.1, 0.15) is 5.76 Å². The Morgan fingerprint density at radius 1 is 1.50 bits per heavy atom. The normalized spacial score (nSPS) is 25.2. The van der Waals surface area contributed by atoms with Crippen LogP contribution in [0.25, 0.3) is 0 Å². The third kappa shape index (κ3) is 3.55. The van der Waals surface area contributed by atoms with E-state index in [9.17, 15) is 8.42 Å². The van der Waals surface area contributed by atoms with Gasteiger partial charge in [0.15, 0.2) is 0 Å². The highest BCUT2D eigenvalue weighted by molar-refractivity contribution is 7.89. The van der Waals surface area contributed by atoms with Gasteiger partial charge in [-0.25, -0.2) is 13.6 Å². The molecule has 102 valence electrons. The first kappa shape index (κ1) is 13.5. The zero-order valence-electron chi connectivity index (χ0n) is 10.3. The van der Waals surface area contributed by atoms with Crippen LogP contribution < -0.4 is 10.5 Å². The summed E-state index contributed by atoms with van der Waals surface area (Å²) in [5.74, 6) is 0.568. The molecule has 1 saturated heterocycles. The minimum Gasteiger partial charge on any atom is -0.447 e. The molecule has 0 spiro atoms. The Labute approximate surface area is 107 Å². The minimum absolute atomic E-state index is 0.195. The lowest BCUT2D eigenvalue weighted by molar-refractivity contribution is 0.0127. The summed E-state index contributed by atoms with van der Waals surface area (Å²) in [6.07, 6.45) is 2.16. The molecule has 0 saturated carbocycles. The minimum atomic E-state index is -3.75. The quantitative estimate of drug-likeness (QED) is 0.837. The summed E-state index contributed by atoms with van der Waals surface area (Å²) in [6.45, 7) is 3.28. The number of furan rings is 1. The maximum atomic E-state index is 11.0. The van der Waals surface area contributed by atoms with Crippen molar-refractivity contribution in [3.8, 4) is 0 Å². The fourth-order valence-corrected chi connectivity index (χ4v) is 2.52. The Morgan fingerprint density at radius 3 is 2.89 bits per heavy atom. The molecule has 2 atom stereocenters. The van der Waals surface area contributed by atoms with Crippen molar-refractivity contribution in [3.63, 3.8) is 0 Å². The second-order valence-electron chi connectivity index (χ2n) is 4.55. The molecule has 18 heavy (non-hydrogen) atoms. The third-order valence-corrected chi connectivity index (χ3v) is 3.75. The Hall–Kier alpha value is -0.890. The molecule has 0 radical (unpaired) electrons. The van der Waals surface area contributed by atoms with E-state index >= 15 is 0 Å². The first-order valence-corrected chi connectivity index (χ1v) is 7.46. The smallest absolute Gasteiger partial charge is 0.271 e. The second kappa shape index (κ2) is 5.40. The molecule has 1 fully saturated rings. The zero-order valence-corrected chi connectivity index (χ0v) is 11.1. The predicted octanol–water partition coefficient (Wildman–Crippen LogP) is 0.584. The van der Waals surface area contributed by atoms with E-state index in [1.807, 2.05) is 6.92 Å². The molecule has 0 aromatic carbocycles. The van der Waals surface area contributed by atoms with Gasteiger partial charge in [0.2, 0.25) is 5.09 Å². The molecule has 1 aliphatic rings. The van der Waals surface area contributed by atoms with Gasteiger partial charge in [-0.05, 0) is 31.9 Å². The van der Waals surface area contributed by atoms with Gasteiger partial charge in [-0.15, -0.1) is 0 Å². The molecule has 6 nitrogen and oxygen atoms in total. The number of nitrogens with one attached hydrogen (secondary N) is 1. The van der Waals surface area contributed by atoms with Crippen molar-refractivity contribution in [3.05, 3.63) is 17.9 Å². The standard InChI is InChI=1S/C11H18N2O4S/c1-8-6-9(4-5-16-8)13-7-10-2-3-11(17-10)18(12,14)15/h2-3,8-9,13H,4-7H2,1H3,(H2,12,14,15). The van der Waals surface area contributed by atoms with Gasteiger partial charge in [-0.2, -0.15) is 0 Å². The van der Waals surface area contributed by atoms with Crippen LogP contribution in [-0.2, 0) is 21.3 Å². The lowest BCUT2D eigenvalue weighted by atomic mass is 10.0. The first-order chi connectivity index (χ1) is 8.45. The summed E-state index contributed by atoms with van der Waals surface area (Å²) in [5.41, 5.74) is 0. The molecule has 1 aliphatic heterocycles. The van der Waals surface area contributed by atoms with Crippen LogP contribution in [0.5, 0.6) is 0 Å². The summed E-state index contributed by atoms with van der Waals surface area (Å²) in [4.78, 5) is 0. The molecular weight excluding hydrogens is 256 g/mol. The molecule has 1 aromatic rings. The SMILES string of the molecule is CC1CC(NCc2ccc(S(N)(=O)=O)o2)CCO1. The van der Waals surface area contributed by atoms with Crippen molar-refractivity contribution in [2.75, 3.05) is 6.61 Å². The lowest BCUT2D eigenvalue weighted by Gasteiger charge is -2.27. The maximum Gasteiger partial charge on any atom is 0.271 e. The topological polar surface area (TPSA) is 94.6 Å². The molecule has 1 aromatic heterocycles. The van der Waals surface area contributed by atoms with E-state index in [1.165, 1.54) is 6.07 Å². The summed E-state index contributed by atoms with van der Waals surface area (Å²) in [7, 11) is -3.75. The van der Waals surface area contributed by atoms with Gasteiger partial charge in [0.05, 0.1) is 12.6 Å². The monoisotopic (exact) mass is 274 g/mol. The van der Waals surface area contributed by atoms with Gasteiger partial charge in [-0.3, -0.25) is 0 Å². The summed E-state index contributed by atoms with van der Waals surface area (Å²) in [5, 5.41) is 8.10. The highest BCUT2D eigenvalue weighted by Gasteiger charge is 2.19. The fourth-order valence-electron chi connectivity index (χ4n) is 2.03. The van der Waals surface area contributed by atoms with Crippen LogP contribution in [0.15, 0.2) is 21.6 Å². The van der Waals surface area contributed by atoms with Gasteiger partial charge in [-0.1, -0.05) is 0 Å². The summed E-state index contributed by atoms with van der Waals surface area (Å²) >= 11 is 0. The van der Waals surface area contributed by atoms with Crippen LogP contribution >= 0.6 is 0 Å². The Balaban J connectivity index is 1.88. The number of ether oxygens (including phenoxy) is 1. The largest absolute Gasteiger partial charge is 0.447 e. The van der Waals surface area contributed by atoms with Gasteiger partial charge < -0.3 is 14.5 Å². The van der Waals surface area contributed by atoms with E-state index in [0.29, 0.717) is 18.3 Å². The number of primary sulfonamides is 1. The average Bonchev–Trinajstić information content (AvgIpc) is 2.74. The average molecular weight is 274 g/mol. The van der Waals surface area contributed by atoms with Crippen LogP contribution in [-0.4, -0.2) is 27.2 Å². The number of rotatable bonds is 4. The molecule has 0 amide bonds. The van der Waals surface area contributed by atoms with Crippen molar-refractivity contribution < 1.29 is 17.6 Å². The van der Waals surface area contributed by atoms with Crippen LogP contribution in [0.1, 0.15) is 25.5 Å². The molecule has 2 unspecified atom stereocenters. The van der Waals surface area contributed by atoms with Crippen LogP contribution in [0, 0.1) is 0 Å². The molecule has 3 N–H and O–H groups in total. The van der Waals surface area contributed by atoms with Crippen molar-refractivity contribution in [1.82, 2.24) is 5.32 Å². The highest BCUT2D eigenvalue weighted by atomic mass is 32.2. The van der Waals surface area contributed by atoms with Crippen molar-refractivity contribution in [2.45, 2.75) is 43.5 Å². The number of hydrogen-bond donors (Lipinski definition) is 2. The maximum absolute atomic E-state index is 11.0. The van der Waals surface area contributed by atoms with Crippen LogP contribution in [0.2, 0.25) is 0 Å². The molecule has 7 heteroatoms. The van der Waals surface area contributed by atoms with Crippen molar-refractivity contribution in [2.24, 2.45) is 5.14 Å². The lowest BCUT2D eigenvalue weighted by Crippen LogP contribution is -2.37. The van der Waals surface area contributed by atoms with Crippen molar-refractivity contribution in [1.29, 1.82) is 0 Å². The summed E-state index contributed by atoms with van der Waals surface area (Å²) < 4.78 is 32.7. The Kier molecular flexibility index (Phi) is 4.06. The molecule has 2 rings (SSSR count). The van der Waals surface area contributed by atoms with E-state index in [1.54, 1.807) is 6.07 Å². The molecule has 0 bridgehead atoms. The number of nitrogens with two attached hydrogens (primary N) is 1. The number of sulfonamides is 1. The molecule has 0 aliphatic carbocycles. The summed E-state index contributed by atoms with van der Waals surface area (Å²) in [6, 6.07) is 3.37. The van der Waals surface area contributed by atoms with E-state index in [-0.39, 0.29) is 11.2 Å². The van der Waals surface area contributed by atoms with E-state index in [4.69, 9.17) is 14.3 Å². The highest BCUT2D eigenvalue weighted by Crippen LogP contribution is 2.15. The van der Waals surface area contributed by atoms with Crippen LogP contribution in [0.3, 0.4) is 0 Å². The van der Waals surface area contributed by atoms with E-state index < -0.39 is 10.0 Å². The predicted molar refractivity (Wildman–Crippen MR) is 65.4 cm³/mol. The van der Waals surface area contributed by atoms with Gasteiger partial charge in [0.25, 0.3) is 10.0 Å². The van der Waals surface area contributed by atoms with Gasteiger partial charge in [0, 0.05) is 12.6 Å². The van der Waals surface area contributed by atoms with Crippen molar-refractivity contribution >= 4 is 10.0 Å². The van der Waals surface area contributed by atoms with E-state index in [2.05, 4.69) is 5.32 Å². The third-order valence-electron chi connectivity index (χ3n) is 2.97. The Morgan fingerprint density at radius 2 is 2.28 bits per heavy atom.